The summed E-state index contributed by atoms with van der Waals surface area (Å²) in [5.41, 5.74) is 4.21. The highest BCUT2D eigenvalue weighted by Gasteiger charge is 2.35. The van der Waals surface area contributed by atoms with Gasteiger partial charge in [0.15, 0.2) is 0 Å². The molecule has 1 unspecified atom stereocenters. The number of hydrogen-bond donors (Lipinski definition) is 0. The Morgan fingerprint density at radius 1 is 1.14 bits per heavy atom. The van der Waals surface area contributed by atoms with E-state index in [1.807, 2.05) is 12.1 Å². The molecule has 0 bridgehead atoms. The fourth-order valence-electron chi connectivity index (χ4n) is 3.42. The first-order valence-electron chi connectivity index (χ1n) is 7.23. The lowest BCUT2D eigenvalue weighted by molar-refractivity contribution is 0.401. The first-order chi connectivity index (χ1) is 10.1. The first-order valence-corrected chi connectivity index (χ1v) is 9.14. The van der Waals surface area contributed by atoms with Gasteiger partial charge in [-0.15, -0.1) is 0 Å². The van der Waals surface area contributed by atoms with Crippen molar-refractivity contribution in [2.75, 3.05) is 5.33 Å². The summed E-state index contributed by atoms with van der Waals surface area (Å²) in [6, 6.07) is 14.1. The molecule has 0 N–H and O–H groups in total. The number of halogens is 3. The van der Waals surface area contributed by atoms with Gasteiger partial charge < -0.3 is 0 Å². The van der Waals surface area contributed by atoms with Crippen LogP contribution in [0.3, 0.4) is 0 Å². The molecular formula is C18H17Br2F. The van der Waals surface area contributed by atoms with Crippen LogP contribution in [-0.4, -0.2) is 5.33 Å². The van der Waals surface area contributed by atoms with Gasteiger partial charge in [0, 0.05) is 10.7 Å². The molecule has 3 heteroatoms. The average molecular weight is 412 g/mol. The van der Waals surface area contributed by atoms with Crippen LogP contribution in [-0.2, 0) is 18.3 Å². The van der Waals surface area contributed by atoms with E-state index in [1.54, 1.807) is 6.07 Å². The van der Waals surface area contributed by atoms with Crippen molar-refractivity contribution in [3.8, 4) is 0 Å². The monoisotopic (exact) mass is 410 g/mol. The maximum atomic E-state index is 13.4. The quantitative estimate of drug-likeness (QED) is 0.560. The third kappa shape index (κ3) is 2.95. The third-order valence-electron chi connectivity index (χ3n) is 4.47. The molecule has 2 aromatic carbocycles. The molecule has 110 valence electrons. The number of benzene rings is 2. The smallest absolute Gasteiger partial charge is 0.137 e. The van der Waals surface area contributed by atoms with Crippen molar-refractivity contribution in [1.29, 1.82) is 0 Å². The Balaban J connectivity index is 2.00. The largest absolute Gasteiger partial charge is 0.206 e. The summed E-state index contributed by atoms with van der Waals surface area (Å²) >= 11 is 7.04. The maximum Gasteiger partial charge on any atom is 0.137 e. The van der Waals surface area contributed by atoms with Crippen molar-refractivity contribution in [3.05, 3.63) is 69.4 Å². The van der Waals surface area contributed by atoms with E-state index >= 15 is 0 Å². The summed E-state index contributed by atoms with van der Waals surface area (Å²) in [7, 11) is 0. The lowest BCUT2D eigenvalue weighted by Gasteiger charge is -2.38. The van der Waals surface area contributed by atoms with Crippen molar-refractivity contribution >= 4 is 31.9 Å². The van der Waals surface area contributed by atoms with Gasteiger partial charge in [-0.1, -0.05) is 46.3 Å². The Kier molecular flexibility index (Phi) is 4.51. The Bertz CT molecular complexity index is 653. The lowest BCUT2D eigenvalue weighted by atomic mass is 9.68. The standard InChI is InChI=1S/C18H17Br2F/c19-12-18(11-13-7-8-17(21)16(20)10-13)9-3-5-14-4-1-2-6-15(14)18/h1-2,4,6-8,10H,3,5,9,11-12H2. The fraction of sp³-hybridized carbons (Fsp3) is 0.333. The molecule has 0 aromatic heterocycles. The van der Waals surface area contributed by atoms with Gasteiger partial charge in [-0.25, -0.2) is 4.39 Å². The molecule has 1 aliphatic carbocycles. The zero-order valence-electron chi connectivity index (χ0n) is 11.7. The van der Waals surface area contributed by atoms with E-state index in [2.05, 4.69) is 56.1 Å². The molecule has 0 radical (unpaired) electrons. The second-order valence-corrected chi connectivity index (χ2v) is 7.26. The number of aryl methyl sites for hydroxylation is 1. The molecule has 1 aliphatic rings. The molecule has 0 spiro atoms. The summed E-state index contributed by atoms with van der Waals surface area (Å²) in [5, 5.41) is 0.937. The first kappa shape index (κ1) is 15.2. The molecule has 0 amide bonds. The molecule has 0 heterocycles. The summed E-state index contributed by atoms with van der Waals surface area (Å²) < 4.78 is 14.0. The Morgan fingerprint density at radius 3 is 2.71 bits per heavy atom. The van der Waals surface area contributed by atoms with Crippen molar-refractivity contribution in [2.24, 2.45) is 0 Å². The zero-order valence-corrected chi connectivity index (χ0v) is 14.9. The molecule has 0 saturated heterocycles. The number of alkyl halides is 1. The van der Waals surface area contributed by atoms with Crippen molar-refractivity contribution in [3.63, 3.8) is 0 Å². The summed E-state index contributed by atoms with van der Waals surface area (Å²) in [6.07, 6.45) is 4.49. The predicted molar refractivity (Wildman–Crippen MR) is 92.7 cm³/mol. The van der Waals surface area contributed by atoms with Crippen LogP contribution < -0.4 is 0 Å². The van der Waals surface area contributed by atoms with Crippen molar-refractivity contribution < 1.29 is 4.39 Å². The highest BCUT2D eigenvalue weighted by Crippen LogP contribution is 2.41. The summed E-state index contributed by atoms with van der Waals surface area (Å²) in [6.45, 7) is 0. The van der Waals surface area contributed by atoms with E-state index in [0.717, 1.165) is 18.2 Å². The van der Waals surface area contributed by atoms with Gasteiger partial charge in [-0.3, -0.25) is 0 Å². The number of rotatable bonds is 3. The normalized spacial score (nSPS) is 21.1. The van der Waals surface area contributed by atoms with E-state index < -0.39 is 0 Å². The highest BCUT2D eigenvalue weighted by atomic mass is 79.9. The van der Waals surface area contributed by atoms with Gasteiger partial charge in [0.05, 0.1) is 4.47 Å². The van der Waals surface area contributed by atoms with Crippen LogP contribution in [0, 0.1) is 5.82 Å². The Morgan fingerprint density at radius 2 is 1.95 bits per heavy atom. The summed E-state index contributed by atoms with van der Waals surface area (Å²) in [4.78, 5) is 0. The zero-order chi connectivity index (χ0) is 14.9. The third-order valence-corrected chi connectivity index (χ3v) is 6.15. The molecule has 0 aliphatic heterocycles. The molecule has 0 saturated carbocycles. The van der Waals surface area contributed by atoms with E-state index in [4.69, 9.17) is 0 Å². The minimum absolute atomic E-state index is 0.117. The molecule has 21 heavy (non-hydrogen) atoms. The van der Waals surface area contributed by atoms with Crippen LogP contribution in [0.4, 0.5) is 4.39 Å². The highest BCUT2D eigenvalue weighted by molar-refractivity contribution is 9.10. The van der Waals surface area contributed by atoms with Gasteiger partial charge in [-0.05, 0) is 70.4 Å². The van der Waals surface area contributed by atoms with Gasteiger partial charge in [-0.2, -0.15) is 0 Å². The minimum Gasteiger partial charge on any atom is -0.206 e. The van der Waals surface area contributed by atoms with Crippen molar-refractivity contribution in [1.82, 2.24) is 0 Å². The van der Waals surface area contributed by atoms with E-state index in [1.165, 1.54) is 29.5 Å². The summed E-state index contributed by atoms with van der Waals surface area (Å²) in [5.74, 6) is -0.198. The fourth-order valence-corrected chi connectivity index (χ4v) is 4.62. The van der Waals surface area contributed by atoms with Crippen LogP contribution in [0.25, 0.3) is 0 Å². The van der Waals surface area contributed by atoms with Gasteiger partial charge >= 0.3 is 0 Å². The van der Waals surface area contributed by atoms with Crippen molar-refractivity contribution in [2.45, 2.75) is 31.1 Å². The number of hydrogen-bond acceptors (Lipinski definition) is 0. The maximum absolute atomic E-state index is 13.4. The van der Waals surface area contributed by atoms with Crippen LogP contribution >= 0.6 is 31.9 Å². The lowest BCUT2D eigenvalue weighted by Crippen LogP contribution is -2.35. The molecule has 0 nitrogen and oxygen atoms in total. The molecular weight excluding hydrogens is 395 g/mol. The predicted octanol–water partition coefficient (Wildman–Crippen LogP) is 5.80. The number of fused-ring (bicyclic) bond motifs is 1. The SMILES string of the molecule is Fc1ccc(CC2(CBr)CCCc3ccccc32)cc1Br. The molecule has 2 aromatic rings. The van der Waals surface area contributed by atoms with Crippen LogP contribution in [0.2, 0.25) is 0 Å². The molecule has 1 atom stereocenters. The topological polar surface area (TPSA) is 0 Å². The van der Waals surface area contributed by atoms with Crippen LogP contribution in [0.1, 0.15) is 29.5 Å². The van der Waals surface area contributed by atoms with E-state index in [0.29, 0.717) is 4.47 Å². The van der Waals surface area contributed by atoms with E-state index in [-0.39, 0.29) is 11.2 Å². The Hall–Kier alpha value is -0.670. The van der Waals surface area contributed by atoms with Gasteiger partial charge in [0.25, 0.3) is 0 Å². The van der Waals surface area contributed by atoms with E-state index in [9.17, 15) is 4.39 Å². The Labute approximate surface area is 142 Å². The second kappa shape index (κ2) is 6.21. The van der Waals surface area contributed by atoms with Gasteiger partial charge in [0.2, 0.25) is 0 Å². The average Bonchev–Trinajstić information content (AvgIpc) is 2.51. The second-order valence-electron chi connectivity index (χ2n) is 5.85. The minimum atomic E-state index is -0.198. The molecule has 3 rings (SSSR count). The molecule has 0 fully saturated rings. The van der Waals surface area contributed by atoms with Gasteiger partial charge in [0.1, 0.15) is 5.82 Å². The van der Waals surface area contributed by atoms with Crippen LogP contribution in [0.5, 0.6) is 0 Å². The van der Waals surface area contributed by atoms with Crippen LogP contribution in [0.15, 0.2) is 46.9 Å².